The number of nitrogens with zero attached hydrogens (tertiary/aromatic N) is 2. The Labute approximate surface area is 198 Å². The highest BCUT2D eigenvalue weighted by molar-refractivity contribution is 5.95. The topological polar surface area (TPSA) is 176 Å². The number of benzene rings is 2. The zero-order valence-corrected chi connectivity index (χ0v) is 19.2. The van der Waals surface area contributed by atoms with Crippen molar-refractivity contribution >= 4 is 23.3 Å². The van der Waals surface area contributed by atoms with Crippen molar-refractivity contribution in [3.8, 4) is 23.0 Å². The van der Waals surface area contributed by atoms with Crippen LogP contribution in [0.1, 0.15) is 27.1 Å². The first-order chi connectivity index (χ1) is 16.7. The van der Waals surface area contributed by atoms with E-state index in [1.807, 2.05) is 0 Å². The molecule has 2 aromatic carbocycles. The van der Waals surface area contributed by atoms with Gasteiger partial charge in [-0.2, -0.15) is 0 Å². The minimum Gasteiger partial charge on any atom is -0.493 e. The molecule has 35 heavy (non-hydrogen) atoms. The van der Waals surface area contributed by atoms with E-state index in [0.29, 0.717) is 0 Å². The molecular weight excluding hydrogens is 472 g/mol. The third-order valence-electron chi connectivity index (χ3n) is 4.57. The highest BCUT2D eigenvalue weighted by Gasteiger charge is 2.26. The first-order valence-electron chi connectivity index (χ1n) is 9.83. The summed E-state index contributed by atoms with van der Waals surface area (Å²) in [5.41, 5.74) is -1.64. The molecule has 0 aliphatic heterocycles. The Kier molecular flexibility index (Phi) is 9.14. The van der Waals surface area contributed by atoms with Crippen LogP contribution in [0.2, 0.25) is 0 Å². The molecule has 0 N–H and O–H groups in total. The number of ether oxygens (including phenoxy) is 6. The molecule has 0 heterocycles. The lowest BCUT2D eigenvalue weighted by molar-refractivity contribution is -0.385. The van der Waals surface area contributed by atoms with Crippen molar-refractivity contribution in [3.05, 3.63) is 55.6 Å². The summed E-state index contributed by atoms with van der Waals surface area (Å²) in [5.74, 6) is -1.63. The number of carbonyl (C=O) groups is 2. The lowest BCUT2D eigenvalue weighted by Gasteiger charge is -2.14. The molecule has 0 unspecified atom stereocenters. The monoisotopic (exact) mass is 494 g/mol. The zero-order chi connectivity index (χ0) is 26.1. The number of nitro benzene ring substituents is 2. The molecule has 0 saturated carbocycles. The van der Waals surface area contributed by atoms with Crippen LogP contribution in [0.15, 0.2) is 24.3 Å². The van der Waals surface area contributed by atoms with E-state index in [0.717, 1.165) is 38.5 Å². The van der Waals surface area contributed by atoms with Gasteiger partial charge in [0.15, 0.2) is 23.0 Å². The predicted octanol–water partition coefficient (Wildman–Crippen LogP) is 2.94. The van der Waals surface area contributed by atoms with Gasteiger partial charge >= 0.3 is 11.9 Å². The van der Waals surface area contributed by atoms with Gasteiger partial charge in [-0.05, 0) is 0 Å². The molecule has 0 aliphatic carbocycles. The Morgan fingerprint density at radius 1 is 0.686 bits per heavy atom. The summed E-state index contributed by atoms with van der Waals surface area (Å²) in [6, 6.07) is 4.37. The second-order valence-corrected chi connectivity index (χ2v) is 6.59. The maximum atomic E-state index is 11.8. The molecule has 14 nitrogen and oxygen atoms in total. The number of hydrogen-bond acceptors (Lipinski definition) is 12. The van der Waals surface area contributed by atoms with Crippen molar-refractivity contribution in [3.63, 3.8) is 0 Å². The van der Waals surface area contributed by atoms with Crippen molar-refractivity contribution in [1.82, 2.24) is 0 Å². The van der Waals surface area contributed by atoms with E-state index in [9.17, 15) is 29.8 Å². The number of nitro groups is 2. The van der Waals surface area contributed by atoms with Gasteiger partial charge in [-0.3, -0.25) is 20.2 Å². The fraction of sp³-hybridized carbons (Fsp3) is 0.333. The van der Waals surface area contributed by atoms with E-state index in [1.54, 1.807) is 0 Å². The summed E-state index contributed by atoms with van der Waals surface area (Å²) in [7, 11) is 4.79. The van der Waals surface area contributed by atoms with Crippen molar-refractivity contribution in [2.75, 3.05) is 41.7 Å². The highest BCUT2D eigenvalue weighted by atomic mass is 16.6. The van der Waals surface area contributed by atoms with Gasteiger partial charge in [-0.15, -0.1) is 0 Å². The molecule has 0 aromatic heterocycles. The highest BCUT2D eigenvalue weighted by Crippen LogP contribution is 2.36. The van der Waals surface area contributed by atoms with Crippen LogP contribution < -0.4 is 18.9 Å². The summed E-state index contributed by atoms with van der Waals surface area (Å²) in [6.07, 6.45) is 0.241. The Hall–Kier alpha value is -4.62. The smallest absolute Gasteiger partial charge is 0.345 e. The van der Waals surface area contributed by atoms with E-state index in [1.165, 1.54) is 14.2 Å². The van der Waals surface area contributed by atoms with Crippen LogP contribution in [-0.2, 0) is 9.47 Å². The number of hydrogen-bond donors (Lipinski definition) is 0. The van der Waals surface area contributed by atoms with Gasteiger partial charge in [-0.25, -0.2) is 9.59 Å². The standard InChI is InChI=1S/C21H22N2O12/c1-30-16-8-12(20(24)32-3)14(22(26)27)10-18(16)34-6-5-7-35-19-11-15(23(28)29)13(21(25)33-4)9-17(19)31-2/h8-11H,5-7H2,1-4H3. The summed E-state index contributed by atoms with van der Waals surface area (Å²) in [5, 5.41) is 22.7. The molecule has 0 spiro atoms. The minimum atomic E-state index is -0.906. The molecule has 2 rings (SSSR count). The number of esters is 2. The van der Waals surface area contributed by atoms with Crippen LogP contribution in [0, 0.1) is 20.2 Å². The van der Waals surface area contributed by atoms with E-state index in [2.05, 4.69) is 9.47 Å². The fourth-order valence-corrected chi connectivity index (χ4v) is 2.92. The number of rotatable bonds is 12. The van der Waals surface area contributed by atoms with Gasteiger partial charge in [0.25, 0.3) is 11.4 Å². The molecule has 0 fully saturated rings. The quantitative estimate of drug-likeness (QED) is 0.183. The predicted molar refractivity (Wildman–Crippen MR) is 118 cm³/mol. The molecular formula is C21H22N2O12. The van der Waals surface area contributed by atoms with Gasteiger partial charge in [0.1, 0.15) is 11.1 Å². The molecule has 0 aliphatic rings. The van der Waals surface area contributed by atoms with Crippen molar-refractivity contribution in [2.24, 2.45) is 0 Å². The maximum absolute atomic E-state index is 11.8. The zero-order valence-electron chi connectivity index (χ0n) is 19.2. The first-order valence-corrected chi connectivity index (χ1v) is 9.83. The maximum Gasteiger partial charge on any atom is 0.345 e. The third-order valence-corrected chi connectivity index (χ3v) is 4.57. The Balaban J connectivity index is 2.13. The largest absolute Gasteiger partial charge is 0.493 e. The Bertz CT molecular complexity index is 1040. The van der Waals surface area contributed by atoms with Crippen LogP contribution in [-0.4, -0.2) is 63.4 Å². The van der Waals surface area contributed by atoms with Crippen molar-refractivity contribution < 1.29 is 47.9 Å². The molecule has 2 aromatic rings. The van der Waals surface area contributed by atoms with Gasteiger partial charge in [-0.1, -0.05) is 0 Å². The van der Waals surface area contributed by atoms with E-state index in [-0.39, 0.29) is 53.8 Å². The van der Waals surface area contributed by atoms with Crippen LogP contribution in [0.5, 0.6) is 23.0 Å². The van der Waals surface area contributed by atoms with Crippen molar-refractivity contribution in [1.29, 1.82) is 0 Å². The summed E-state index contributed by atoms with van der Waals surface area (Å²) in [4.78, 5) is 44.8. The van der Waals surface area contributed by atoms with E-state index >= 15 is 0 Å². The second kappa shape index (κ2) is 12.0. The molecule has 0 atom stereocenters. The average molecular weight is 494 g/mol. The fourth-order valence-electron chi connectivity index (χ4n) is 2.92. The van der Waals surface area contributed by atoms with Gasteiger partial charge in [0.05, 0.1) is 63.6 Å². The molecule has 14 heteroatoms. The summed E-state index contributed by atoms with van der Waals surface area (Å²) < 4.78 is 30.5. The Morgan fingerprint density at radius 3 is 1.34 bits per heavy atom. The minimum absolute atomic E-state index is 0.00966. The number of carbonyl (C=O) groups excluding carboxylic acids is 2. The SMILES string of the molecule is COC(=O)c1cc(OC)c(OCCCOc2cc([N+](=O)[O-])c(C(=O)OC)cc2OC)cc1[N+](=O)[O-]. The van der Waals surface area contributed by atoms with Gasteiger partial charge in [0.2, 0.25) is 0 Å². The van der Waals surface area contributed by atoms with E-state index < -0.39 is 33.2 Å². The molecule has 0 saturated heterocycles. The van der Waals surface area contributed by atoms with Gasteiger partial charge < -0.3 is 28.4 Å². The normalized spacial score (nSPS) is 10.2. The lowest BCUT2D eigenvalue weighted by Crippen LogP contribution is -2.10. The second-order valence-electron chi connectivity index (χ2n) is 6.59. The first kappa shape index (κ1) is 26.6. The van der Waals surface area contributed by atoms with Crippen LogP contribution in [0.3, 0.4) is 0 Å². The summed E-state index contributed by atoms with van der Waals surface area (Å²) >= 11 is 0. The Morgan fingerprint density at radius 2 is 1.06 bits per heavy atom. The number of methoxy groups -OCH3 is 4. The molecule has 0 radical (unpaired) electrons. The van der Waals surface area contributed by atoms with E-state index in [4.69, 9.17) is 18.9 Å². The van der Waals surface area contributed by atoms with Crippen LogP contribution in [0.4, 0.5) is 11.4 Å². The average Bonchev–Trinajstić information content (AvgIpc) is 2.86. The lowest BCUT2D eigenvalue weighted by atomic mass is 10.1. The molecule has 188 valence electrons. The third kappa shape index (κ3) is 6.25. The van der Waals surface area contributed by atoms with Gasteiger partial charge in [0, 0.05) is 18.6 Å². The molecule has 0 amide bonds. The summed E-state index contributed by atoms with van der Waals surface area (Å²) in [6.45, 7) is 0.0193. The van der Waals surface area contributed by atoms with Crippen LogP contribution in [0.25, 0.3) is 0 Å². The van der Waals surface area contributed by atoms with Crippen LogP contribution >= 0.6 is 0 Å². The molecule has 0 bridgehead atoms. The van der Waals surface area contributed by atoms with Crippen molar-refractivity contribution in [2.45, 2.75) is 6.42 Å².